The second-order valence-corrected chi connectivity index (χ2v) is 4.20. The Labute approximate surface area is 89.3 Å². The third-order valence-corrected chi connectivity index (χ3v) is 3.29. The molecule has 0 aromatic carbocycles. The molecule has 0 aromatic heterocycles. The Morgan fingerprint density at radius 2 is 1.57 bits per heavy atom. The summed E-state index contributed by atoms with van der Waals surface area (Å²) in [6.07, 6.45) is 7.85. The second-order valence-electron chi connectivity index (χ2n) is 4.20. The predicted octanol–water partition coefficient (Wildman–Crippen LogP) is 2.55. The van der Waals surface area contributed by atoms with E-state index in [0.717, 1.165) is 6.17 Å². The largest absolute Gasteiger partial charge is 0.291 e. The van der Waals surface area contributed by atoms with E-state index in [0.29, 0.717) is 0 Å². The van der Waals surface area contributed by atoms with E-state index < -0.39 is 0 Å². The molecule has 1 atom stereocenters. The monoisotopic (exact) mass is 198 g/mol. The van der Waals surface area contributed by atoms with Crippen molar-refractivity contribution in [2.45, 2.75) is 52.1 Å². The fourth-order valence-electron chi connectivity index (χ4n) is 2.58. The van der Waals surface area contributed by atoms with Crippen molar-refractivity contribution in [3.05, 3.63) is 0 Å². The van der Waals surface area contributed by atoms with Gasteiger partial charge in [-0.2, -0.15) is 0 Å². The molecule has 2 rings (SSSR count). The Morgan fingerprint density at radius 1 is 0.857 bits per heavy atom. The van der Waals surface area contributed by atoms with Gasteiger partial charge in [0.2, 0.25) is 0 Å². The summed E-state index contributed by atoms with van der Waals surface area (Å²) >= 11 is 0. The van der Waals surface area contributed by atoms with Crippen LogP contribution in [0.25, 0.3) is 0 Å². The molecule has 0 N–H and O–H groups in total. The zero-order valence-corrected chi connectivity index (χ0v) is 10.1. The fraction of sp³-hybridized carbons (Fsp3) is 1.00. The molecule has 14 heavy (non-hydrogen) atoms. The molecule has 2 saturated heterocycles. The summed E-state index contributed by atoms with van der Waals surface area (Å²) in [7, 11) is 2.28. The highest BCUT2D eigenvalue weighted by molar-refractivity contribution is 4.78. The number of fused-ring (bicyclic) bond motifs is 1. The van der Waals surface area contributed by atoms with Crippen LogP contribution in [0.2, 0.25) is 0 Å². The van der Waals surface area contributed by atoms with Crippen molar-refractivity contribution in [3.8, 4) is 0 Å². The zero-order chi connectivity index (χ0) is 10.4. The number of hydrogen-bond acceptors (Lipinski definition) is 2. The Kier molecular flexibility index (Phi) is 5.49. The van der Waals surface area contributed by atoms with E-state index in [1.807, 2.05) is 13.8 Å². The first-order valence-corrected chi connectivity index (χ1v) is 6.32. The molecule has 2 fully saturated rings. The topological polar surface area (TPSA) is 6.48 Å². The highest BCUT2D eigenvalue weighted by atomic mass is 15.4. The van der Waals surface area contributed by atoms with Crippen LogP contribution in [0.4, 0.5) is 0 Å². The summed E-state index contributed by atoms with van der Waals surface area (Å²) in [5.41, 5.74) is 0. The minimum Gasteiger partial charge on any atom is -0.291 e. The first-order chi connectivity index (χ1) is 6.88. The van der Waals surface area contributed by atoms with Crippen LogP contribution in [0.15, 0.2) is 0 Å². The maximum absolute atomic E-state index is 2.68. The molecule has 2 nitrogen and oxygen atoms in total. The van der Waals surface area contributed by atoms with Crippen molar-refractivity contribution >= 4 is 0 Å². The van der Waals surface area contributed by atoms with Gasteiger partial charge in [-0.25, -0.2) is 0 Å². The zero-order valence-electron chi connectivity index (χ0n) is 10.1. The lowest BCUT2D eigenvalue weighted by molar-refractivity contribution is 0.0237. The summed E-state index contributed by atoms with van der Waals surface area (Å²) in [6, 6.07) is 0. The third-order valence-electron chi connectivity index (χ3n) is 3.29. The van der Waals surface area contributed by atoms with Gasteiger partial charge in [-0.3, -0.25) is 9.80 Å². The second kappa shape index (κ2) is 6.41. The van der Waals surface area contributed by atoms with Crippen LogP contribution in [0.3, 0.4) is 0 Å². The molecule has 0 amide bonds. The SMILES string of the molecule is CC.CN1CCCN2CCCCCC12. The van der Waals surface area contributed by atoms with Crippen molar-refractivity contribution in [1.82, 2.24) is 9.80 Å². The molecular formula is C12H26N2. The third kappa shape index (κ3) is 2.96. The molecule has 0 aromatic rings. The molecule has 2 aliphatic heterocycles. The molecule has 2 aliphatic rings. The van der Waals surface area contributed by atoms with Crippen LogP contribution in [0.5, 0.6) is 0 Å². The molecule has 0 radical (unpaired) electrons. The normalized spacial score (nSPS) is 29.8. The number of nitrogens with zero attached hydrogens (tertiary/aromatic N) is 2. The first kappa shape index (κ1) is 12.0. The number of rotatable bonds is 0. The van der Waals surface area contributed by atoms with E-state index in [1.54, 1.807) is 0 Å². The van der Waals surface area contributed by atoms with Crippen molar-refractivity contribution in [2.75, 3.05) is 26.7 Å². The van der Waals surface area contributed by atoms with Gasteiger partial charge in [0.05, 0.1) is 6.17 Å². The summed E-state index contributed by atoms with van der Waals surface area (Å²) < 4.78 is 0. The van der Waals surface area contributed by atoms with Crippen LogP contribution in [-0.4, -0.2) is 42.6 Å². The molecule has 0 bridgehead atoms. The molecular weight excluding hydrogens is 172 g/mol. The lowest BCUT2D eigenvalue weighted by atomic mass is 10.1. The Bertz CT molecular complexity index is 147. The van der Waals surface area contributed by atoms with E-state index in [-0.39, 0.29) is 0 Å². The van der Waals surface area contributed by atoms with Crippen LogP contribution in [0.1, 0.15) is 46.0 Å². The minimum absolute atomic E-state index is 0.779. The lowest BCUT2D eigenvalue weighted by Gasteiger charge is -2.41. The van der Waals surface area contributed by atoms with Gasteiger partial charge in [-0.05, 0) is 32.9 Å². The molecule has 1 unspecified atom stereocenters. The van der Waals surface area contributed by atoms with Crippen LogP contribution in [-0.2, 0) is 0 Å². The van der Waals surface area contributed by atoms with Crippen molar-refractivity contribution in [3.63, 3.8) is 0 Å². The summed E-state index contributed by atoms with van der Waals surface area (Å²) in [5, 5.41) is 0. The van der Waals surface area contributed by atoms with Gasteiger partial charge in [0.1, 0.15) is 0 Å². The van der Waals surface area contributed by atoms with Gasteiger partial charge < -0.3 is 0 Å². The van der Waals surface area contributed by atoms with E-state index in [2.05, 4.69) is 16.8 Å². The van der Waals surface area contributed by atoms with Gasteiger partial charge >= 0.3 is 0 Å². The van der Waals surface area contributed by atoms with Gasteiger partial charge in [0, 0.05) is 13.1 Å². The van der Waals surface area contributed by atoms with E-state index in [1.165, 1.54) is 51.7 Å². The summed E-state index contributed by atoms with van der Waals surface area (Å²) in [5.74, 6) is 0. The van der Waals surface area contributed by atoms with Crippen LogP contribution >= 0.6 is 0 Å². The molecule has 0 spiro atoms. The number of hydrogen-bond donors (Lipinski definition) is 0. The average molecular weight is 198 g/mol. The highest BCUT2D eigenvalue weighted by Gasteiger charge is 2.27. The Hall–Kier alpha value is -0.0800. The maximum Gasteiger partial charge on any atom is 0.0619 e. The van der Waals surface area contributed by atoms with Gasteiger partial charge in [0.25, 0.3) is 0 Å². The first-order valence-electron chi connectivity index (χ1n) is 6.32. The fourth-order valence-corrected chi connectivity index (χ4v) is 2.58. The minimum atomic E-state index is 0.779. The van der Waals surface area contributed by atoms with Gasteiger partial charge in [-0.15, -0.1) is 0 Å². The highest BCUT2D eigenvalue weighted by Crippen LogP contribution is 2.22. The van der Waals surface area contributed by atoms with Crippen molar-refractivity contribution in [2.24, 2.45) is 0 Å². The molecule has 84 valence electrons. The van der Waals surface area contributed by atoms with E-state index >= 15 is 0 Å². The maximum atomic E-state index is 2.68. The van der Waals surface area contributed by atoms with E-state index in [4.69, 9.17) is 0 Å². The standard InChI is InChI=1S/C10H20N2.C2H6/c1-11-7-5-9-12-8-4-2-3-6-10(11)12;1-2/h10H,2-9H2,1H3;1-2H3. The summed E-state index contributed by atoms with van der Waals surface area (Å²) in [4.78, 5) is 5.21. The molecule has 0 saturated carbocycles. The quantitative estimate of drug-likeness (QED) is 0.590. The van der Waals surface area contributed by atoms with Gasteiger partial charge in [-0.1, -0.05) is 26.7 Å². The smallest absolute Gasteiger partial charge is 0.0619 e. The van der Waals surface area contributed by atoms with Crippen LogP contribution in [0, 0.1) is 0 Å². The predicted molar refractivity (Wildman–Crippen MR) is 62.4 cm³/mol. The Morgan fingerprint density at radius 3 is 2.36 bits per heavy atom. The van der Waals surface area contributed by atoms with Crippen LogP contribution < -0.4 is 0 Å². The van der Waals surface area contributed by atoms with E-state index in [9.17, 15) is 0 Å². The molecule has 2 heterocycles. The Balaban J connectivity index is 0.000000461. The molecule has 2 heteroatoms. The summed E-state index contributed by atoms with van der Waals surface area (Å²) in [6.45, 7) is 7.99. The van der Waals surface area contributed by atoms with Gasteiger partial charge in [0.15, 0.2) is 0 Å². The lowest BCUT2D eigenvalue weighted by Crippen LogP contribution is -2.51. The van der Waals surface area contributed by atoms with Crippen molar-refractivity contribution < 1.29 is 0 Å². The molecule has 0 aliphatic carbocycles. The van der Waals surface area contributed by atoms with Crippen molar-refractivity contribution in [1.29, 1.82) is 0 Å². The average Bonchev–Trinajstić information content (AvgIpc) is 2.47.